The summed E-state index contributed by atoms with van der Waals surface area (Å²) in [6, 6.07) is 15.1. The van der Waals surface area contributed by atoms with Crippen LogP contribution in [0.1, 0.15) is 35.7 Å². The SMILES string of the molecule is NC(c1ccc(-c2nc3ccc(C4(c5ccccc5)CC4)nc3s2)c(F)c1)C(F)(F)F.O=C(O)C(F)(F)F. The van der Waals surface area contributed by atoms with Gasteiger partial charge in [0.15, 0.2) is 0 Å². The zero-order valence-electron chi connectivity index (χ0n) is 19.1. The lowest BCUT2D eigenvalue weighted by Gasteiger charge is -2.16. The van der Waals surface area contributed by atoms with E-state index in [1.165, 1.54) is 29.0 Å². The highest BCUT2D eigenvalue weighted by molar-refractivity contribution is 7.21. The zero-order chi connectivity index (χ0) is 27.9. The maximum absolute atomic E-state index is 14.6. The number of rotatable bonds is 4. The van der Waals surface area contributed by atoms with E-state index in [0.717, 1.165) is 24.6 Å². The van der Waals surface area contributed by atoms with Crippen LogP contribution in [-0.2, 0) is 10.2 Å². The number of aromatic nitrogens is 2. The third-order valence-corrected chi connectivity index (χ3v) is 7.00. The standard InChI is InChI=1S/C23H17F4N3S.C2HF3O2/c24-16-12-13(19(28)23(25,26)27)6-7-15(16)20-29-17-8-9-18(30-21(17)31-20)22(10-11-22)14-4-2-1-3-5-14;3-2(4,5)1(6)7/h1-9,12,19H,10-11,28H2;(H,6,7). The smallest absolute Gasteiger partial charge is 0.475 e. The van der Waals surface area contributed by atoms with Crippen molar-refractivity contribution in [1.82, 2.24) is 9.97 Å². The molecule has 0 spiro atoms. The molecular formula is C25H18F7N3O2S. The van der Waals surface area contributed by atoms with E-state index in [4.69, 9.17) is 20.6 Å². The summed E-state index contributed by atoms with van der Waals surface area (Å²) in [5.41, 5.74) is 7.69. The van der Waals surface area contributed by atoms with Crippen molar-refractivity contribution in [2.75, 3.05) is 0 Å². The van der Waals surface area contributed by atoms with Crippen molar-refractivity contribution in [3.63, 3.8) is 0 Å². The molecule has 13 heteroatoms. The maximum Gasteiger partial charge on any atom is 0.490 e. The van der Waals surface area contributed by atoms with E-state index in [1.54, 1.807) is 0 Å². The molecule has 2 aromatic heterocycles. The summed E-state index contributed by atoms with van der Waals surface area (Å²) in [5.74, 6) is -3.55. The predicted molar refractivity (Wildman–Crippen MR) is 126 cm³/mol. The minimum Gasteiger partial charge on any atom is -0.475 e. The molecule has 5 nitrogen and oxygen atoms in total. The van der Waals surface area contributed by atoms with E-state index in [0.29, 0.717) is 15.4 Å². The number of alkyl halides is 6. The lowest BCUT2D eigenvalue weighted by molar-refractivity contribution is -0.192. The number of carbonyl (C=O) groups is 1. The third-order valence-electron chi connectivity index (χ3n) is 6.00. The van der Waals surface area contributed by atoms with Crippen molar-refractivity contribution in [3.8, 4) is 10.6 Å². The molecule has 4 aromatic rings. The Morgan fingerprint density at radius 1 is 0.974 bits per heavy atom. The summed E-state index contributed by atoms with van der Waals surface area (Å²) in [6.45, 7) is 0. The van der Waals surface area contributed by atoms with Gasteiger partial charge in [-0.15, -0.1) is 0 Å². The van der Waals surface area contributed by atoms with Gasteiger partial charge < -0.3 is 10.8 Å². The van der Waals surface area contributed by atoms with E-state index in [2.05, 4.69) is 17.1 Å². The number of carboxylic acid groups (broad SMARTS) is 1. The molecule has 2 heterocycles. The summed E-state index contributed by atoms with van der Waals surface area (Å²) in [4.78, 5) is 18.8. The van der Waals surface area contributed by atoms with Gasteiger partial charge in [0.1, 0.15) is 27.2 Å². The molecular weight excluding hydrogens is 539 g/mol. The molecule has 5 rings (SSSR count). The summed E-state index contributed by atoms with van der Waals surface area (Å²) in [7, 11) is 0. The van der Waals surface area contributed by atoms with E-state index >= 15 is 0 Å². The summed E-state index contributed by atoms with van der Waals surface area (Å²) in [6.07, 6.45) is -7.70. The highest BCUT2D eigenvalue weighted by atomic mass is 32.1. The molecule has 1 aliphatic rings. The molecule has 200 valence electrons. The molecule has 2 aromatic carbocycles. The number of benzene rings is 2. The Labute approximate surface area is 214 Å². The molecule has 0 amide bonds. The fourth-order valence-corrected chi connectivity index (χ4v) is 4.83. The maximum atomic E-state index is 14.6. The second-order valence-corrected chi connectivity index (χ2v) is 9.53. The molecule has 38 heavy (non-hydrogen) atoms. The number of halogens is 7. The van der Waals surface area contributed by atoms with Gasteiger partial charge in [0.05, 0.1) is 5.69 Å². The monoisotopic (exact) mass is 557 g/mol. The number of aliphatic carboxylic acids is 1. The van der Waals surface area contributed by atoms with Gasteiger partial charge in [-0.1, -0.05) is 47.7 Å². The number of hydrogen-bond acceptors (Lipinski definition) is 5. The highest BCUT2D eigenvalue weighted by Crippen LogP contribution is 2.53. The Bertz CT molecular complexity index is 1470. The summed E-state index contributed by atoms with van der Waals surface area (Å²) in [5, 5.41) is 7.49. The van der Waals surface area contributed by atoms with Crippen LogP contribution < -0.4 is 5.73 Å². The number of nitrogens with two attached hydrogens (primary N) is 1. The molecule has 0 aliphatic heterocycles. The average molecular weight is 557 g/mol. The Morgan fingerprint density at radius 3 is 2.13 bits per heavy atom. The number of hydrogen-bond donors (Lipinski definition) is 2. The Balaban J connectivity index is 0.000000426. The minimum atomic E-state index is -5.08. The van der Waals surface area contributed by atoms with Crippen LogP contribution >= 0.6 is 11.3 Å². The number of carboxylic acids is 1. The minimum absolute atomic E-state index is 0.0970. The number of nitrogens with zero attached hydrogens (tertiary/aromatic N) is 2. The Morgan fingerprint density at radius 2 is 1.61 bits per heavy atom. The molecule has 1 unspecified atom stereocenters. The van der Waals surface area contributed by atoms with Crippen molar-refractivity contribution in [3.05, 3.63) is 83.3 Å². The molecule has 1 aliphatic carbocycles. The lowest BCUT2D eigenvalue weighted by Crippen LogP contribution is -2.28. The molecule has 0 saturated heterocycles. The quantitative estimate of drug-likeness (QED) is 0.270. The van der Waals surface area contributed by atoms with Crippen LogP contribution in [0.5, 0.6) is 0 Å². The first-order valence-corrected chi connectivity index (χ1v) is 11.8. The highest BCUT2D eigenvalue weighted by Gasteiger charge is 2.47. The van der Waals surface area contributed by atoms with Crippen LogP contribution in [-0.4, -0.2) is 33.4 Å². The molecule has 1 fully saturated rings. The van der Waals surface area contributed by atoms with Crippen LogP contribution in [0.3, 0.4) is 0 Å². The predicted octanol–water partition coefficient (Wildman–Crippen LogP) is 6.77. The third kappa shape index (κ3) is 5.63. The average Bonchev–Trinajstić information content (AvgIpc) is 3.56. The fourth-order valence-electron chi connectivity index (χ4n) is 3.86. The summed E-state index contributed by atoms with van der Waals surface area (Å²) < 4.78 is 84.8. The Kier molecular flexibility index (Phi) is 7.19. The van der Waals surface area contributed by atoms with Gasteiger partial charge in [-0.25, -0.2) is 19.2 Å². The van der Waals surface area contributed by atoms with E-state index in [-0.39, 0.29) is 16.5 Å². The number of thiazole rings is 1. The Hall–Kier alpha value is -3.58. The van der Waals surface area contributed by atoms with Gasteiger partial charge in [-0.2, -0.15) is 26.3 Å². The van der Waals surface area contributed by atoms with Gasteiger partial charge in [-0.3, -0.25) is 0 Å². The zero-order valence-corrected chi connectivity index (χ0v) is 20.0. The van der Waals surface area contributed by atoms with Crippen molar-refractivity contribution < 1.29 is 40.6 Å². The van der Waals surface area contributed by atoms with Crippen LogP contribution in [0.2, 0.25) is 0 Å². The number of fused-ring (bicyclic) bond motifs is 1. The topological polar surface area (TPSA) is 89.1 Å². The van der Waals surface area contributed by atoms with Crippen molar-refractivity contribution in [2.45, 2.75) is 36.7 Å². The van der Waals surface area contributed by atoms with Crippen LogP contribution in [0, 0.1) is 5.82 Å². The normalized spacial score (nSPS) is 15.5. The van der Waals surface area contributed by atoms with Gasteiger partial charge >= 0.3 is 18.3 Å². The molecule has 1 atom stereocenters. The first kappa shape index (κ1) is 27.5. The van der Waals surface area contributed by atoms with E-state index in [1.807, 2.05) is 30.3 Å². The molecule has 0 radical (unpaired) electrons. The molecule has 0 bridgehead atoms. The van der Waals surface area contributed by atoms with Gasteiger partial charge in [0.2, 0.25) is 0 Å². The van der Waals surface area contributed by atoms with E-state index < -0.39 is 30.2 Å². The van der Waals surface area contributed by atoms with Crippen molar-refractivity contribution in [2.24, 2.45) is 5.73 Å². The van der Waals surface area contributed by atoms with Crippen LogP contribution in [0.15, 0.2) is 60.7 Å². The first-order valence-electron chi connectivity index (χ1n) is 11.0. The van der Waals surface area contributed by atoms with Crippen LogP contribution in [0.25, 0.3) is 20.9 Å². The summed E-state index contributed by atoms with van der Waals surface area (Å²) >= 11 is 1.22. The second-order valence-electron chi connectivity index (χ2n) is 8.55. The molecule has 1 saturated carbocycles. The largest absolute Gasteiger partial charge is 0.490 e. The first-order chi connectivity index (χ1) is 17.7. The van der Waals surface area contributed by atoms with Gasteiger partial charge in [-0.05, 0) is 48.2 Å². The second kappa shape index (κ2) is 9.95. The van der Waals surface area contributed by atoms with Crippen LogP contribution in [0.4, 0.5) is 30.7 Å². The fraction of sp³-hybridized carbons (Fsp3) is 0.240. The van der Waals surface area contributed by atoms with Gasteiger partial charge in [0, 0.05) is 11.0 Å². The lowest BCUT2D eigenvalue weighted by atomic mass is 9.92. The number of pyridine rings is 1. The van der Waals surface area contributed by atoms with Crippen molar-refractivity contribution >= 4 is 27.7 Å². The van der Waals surface area contributed by atoms with Gasteiger partial charge in [0.25, 0.3) is 0 Å². The van der Waals surface area contributed by atoms with E-state index in [9.17, 15) is 30.7 Å². The van der Waals surface area contributed by atoms with Crippen molar-refractivity contribution in [1.29, 1.82) is 0 Å². The molecule has 3 N–H and O–H groups in total.